The van der Waals surface area contributed by atoms with Crippen LogP contribution in [0.5, 0.6) is 0 Å². The molecule has 18 heavy (non-hydrogen) atoms. The van der Waals surface area contributed by atoms with Crippen molar-refractivity contribution in [1.82, 2.24) is 5.32 Å². The van der Waals surface area contributed by atoms with Crippen LogP contribution in [0.1, 0.15) is 18.4 Å². The molecule has 0 aromatic heterocycles. The van der Waals surface area contributed by atoms with Crippen LogP contribution in [-0.2, 0) is 15.6 Å². The van der Waals surface area contributed by atoms with Gasteiger partial charge in [0.25, 0.3) is 0 Å². The maximum atomic E-state index is 13.0. The Morgan fingerprint density at radius 3 is 2.89 bits per heavy atom. The molecule has 1 aliphatic rings. The molecule has 5 heteroatoms. The van der Waals surface area contributed by atoms with Gasteiger partial charge in [-0.2, -0.15) is 0 Å². The number of benzene rings is 1. The van der Waals surface area contributed by atoms with Gasteiger partial charge in [0, 0.05) is 0 Å². The second-order valence-corrected chi connectivity index (χ2v) is 7.01. The van der Waals surface area contributed by atoms with E-state index in [1.54, 1.807) is 12.1 Å². The van der Waals surface area contributed by atoms with Crippen molar-refractivity contribution in [3.63, 3.8) is 0 Å². The minimum atomic E-state index is -3.16. The fourth-order valence-electron chi connectivity index (χ4n) is 2.36. The molecular weight excluding hydrogens is 253 g/mol. The number of nitrogens with one attached hydrogen (secondary N) is 1. The molecule has 1 unspecified atom stereocenters. The summed E-state index contributed by atoms with van der Waals surface area (Å²) in [5, 5.41) is 3.21. The molecule has 1 aromatic carbocycles. The van der Waals surface area contributed by atoms with Crippen LogP contribution in [0.2, 0.25) is 0 Å². The quantitative estimate of drug-likeness (QED) is 0.907. The topological polar surface area (TPSA) is 46.2 Å². The zero-order valence-corrected chi connectivity index (χ0v) is 11.0. The van der Waals surface area contributed by atoms with Gasteiger partial charge in [-0.15, -0.1) is 0 Å². The Morgan fingerprint density at radius 1 is 1.39 bits per heavy atom. The van der Waals surface area contributed by atoms with Crippen LogP contribution in [0.4, 0.5) is 4.39 Å². The van der Waals surface area contributed by atoms with Crippen LogP contribution in [0.3, 0.4) is 0 Å². The van der Waals surface area contributed by atoms with Crippen LogP contribution in [-0.4, -0.2) is 27.3 Å². The van der Waals surface area contributed by atoms with Crippen molar-refractivity contribution >= 4 is 9.84 Å². The molecule has 0 aliphatic carbocycles. The third kappa shape index (κ3) is 4.07. The lowest BCUT2D eigenvalue weighted by atomic mass is 10.0. The molecule has 0 saturated carbocycles. The Morgan fingerprint density at radius 2 is 2.22 bits per heavy atom. The lowest BCUT2D eigenvalue weighted by Gasteiger charge is -2.22. The molecule has 0 spiro atoms. The van der Waals surface area contributed by atoms with Crippen LogP contribution in [0.15, 0.2) is 24.3 Å². The fourth-order valence-corrected chi connectivity index (χ4v) is 4.17. The number of hydrogen-bond donors (Lipinski definition) is 1. The van der Waals surface area contributed by atoms with Gasteiger partial charge >= 0.3 is 0 Å². The predicted octanol–water partition coefficient (Wildman–Crippen LogP) is 1.74. The summed E-state index contributed by atoms with van der Waals surface area (Å²) in [6.07, 6.45) is 1.98. The third-order valence-electron chi connectivity index (χ3n) is 3.16. The van der Waals surface area contributed by atoms with Crippen molar-refractivity contribution in [2.45, 2.75) is 18.6 Å². The van der Waals surface area contributed by atoms with Gasteiger partial charge in [-0.1, -0.05) is 12.1 Å². The second-order valence-electron chi connectivity index (χ2n) is 4.90. The Balaban J connectivity index is 1.98. The van der Waals surface area contributed by atoms with Gasteiger partial charge in [-0.25, -0.2) is 12.8 Å². The van der Waals surface area contributed by atoms with E-state index >= 15 is 0 Å². The summed E-state index contributed by atoms with van der Waals surface area (Å²) >= 11 is 0. The highest BCUT2D eigenvalue weighted by atomic mass is 32.2. The Kier molecular flexibility index (Phi) is 4.35. The average molecular weight is 271 g/mol. The van der Waals surface area contributed by atoms with E-state index in [0.717, 1.165) is 25.9 Å². The average Bonchev–Trinajstić information content (AvgIpc) is 2.28. The Bertz CT molecular complexity index is 495. The van der Waals surface area contributed by atoms with Gasteiger partial charge in [0.05, 0.1) is 11.5 Å². The normalized spacial score (nSPS) is 20.8. The van der Waals surface area contributed by atoms with E-state index in [-0.39, 0.29) is 23.2 Å². The molecule has 1 heterocycles. The van der Waals surface area contributed by atoms with Crippen LogP contribution in [0, 0.1) is 11.7 Å². The summed E-state index contributed by atoms with van der Waals surface area (Å²) in [6.45, 7) is 1.74. The number of halogens is 1. The van der Waals surface area contributed by atoms with E-state index in [1.807, 2.05) is 0 Å². The molecule has 3 nitrogen and oxygen atoms in total. The van der Waals surface area contributed by atoms with Crippen molar-refractivity contribution in [3.05, 3.63) is 35.6 Å². The van der Waals surface area contributed by atoms with Crippen LogP contribution < -0.4 is 5.32 Å². The lowest BCUT2D eigenvalue weighted by molar-refractivity contribution is 0.404. The van der Waals surface area contributed by atoms with Gasteiger partial charge in [0.2, 0.25) is 0 Å². The van der Waals surface area contributed by atoms with E-state index in [1.165, 1.54) is 12.1 Å². The Labute approximate surface area is 107 Å². The fraction of sp³-hybridized carbons (Fsp3) is 0.538. The van der Waals surface area contributed by atoms with Gasteiger partial charge < -0.3 is 5.32 Å². The summed E-state index contributed by atoms with van der Waals surface area (Å²) < 4.78 is 37.1. The Hall–Kier alpha value is -0.940. The molecular formula is C13H18FNO2S. The predicted molar refractivity (Wildman–Crippen MR) is 69.5 cm³/mol. The molecule has 100 valence electrons. The molecule has 1 aliphatic heterocycles. The minimum absolute atomic E-state index is 0.0682. The molecule has 0 amide bonds. The molecule has 0 radical (unpaired) electrons. The largest absolute Gasteiger partial charge is 0.316 e. The first-order valence-corrected chi connectivity index (χ1v) is 8.03. The standard InChI is InChI=1S/C13H18FNO2S/c14-13-5-1-3-11(7-13)9-18(16,17)10-12-4-2-6-15-8-12/h1,3,5,7,12,15H,2,4,6,8-10H2. The number of piperidine rings is 1. The minimum Gasteiger partial charge on any atom is -0.316 e. The van der Waals surface area contributed by atoms with E-state index in [0.29, 0.717) is 5.56 Å². The smallest absolute Gasteiger partial charge is 0.154 e. The van der Waals surface area contributed by atoms with E-state index in [4.69, 9.17) is 0 Å². The van der Waals surface area contributed by atoms with Crippen LogP contribution >= 0.6 is 0 Å². The summed E-state index contributed by atoms with van der Waals surface area (Å²) in [7, 11) is -3.16. The second kappa shape index (κ2) is 5.80. The molecule has 1 saturated heterocycles. The number of sulfone groups is 1. The molecule has 0 bridgehead atoms. The summed E-state index contributed by atoms with van der Waals surface area (Å²) in [5.74, 6) is -0.0723. The maximum absolute atomic E-state index is 13.0. The van der Waals surface area contributed by atoms with E-state index < -0.39 is 9.84 Å². The molecule has 1 fully saturated rings. The first-order chi connectivity index (χ1) is 8.55. The SMILES string of the molecule is O=S(=O)(Cc1cccc(F)c1)CC1CCCNC1. The van der Waals surface area contributed by atoms with Crippen molar-refractivity contribution in [2.75, 3.05) is 18.8 Å². The number of hydrogen-bond acceptors (Lipinski definition) is 3. The van der Waals surface area contributed by atoms with Gasteiger partial charge in [-0.05, 0) is 49.5 Å². The molecule has 1 atom stereocenters. The van der Waals surface area contributed by atoms with E-state index in [2.05, 4.69) is 5.32 Å². The van der Waals surface area contributed by atoms with Crippen molar-refractivity contribution in [3.8, 4) is 0 Å². The van der Waals surface area contributed by atoms with Crippen LogP contribution in [0.25, 0.3) is 0 Å². The van der Waals surface area contributed by atoms with Crippen molar-refractivity contribution in [1.29, 1.82) is 0 Å². The molecule has 1 aromatic rings. The summed E-state index contributed by atoms with van der Waals surface area (Å²) in [4.78, 5) is 0. The molecule has 1 N–H and O–H groups in total. The van der Waals surface area contributed by atoms with Gasteiger partial charge in [0.15, 0.2) is 9.84 Å². The van der Waals surface area contributed by atoms with E-state index in [9.17, 15) is 12.8 Å². The highest BCUT2D eigenvalue weighted by Gasteiger charge is 2.21. The first kappa shape index (κ1) is 13.5. The first-order valence-electron chi connectivity index (χ1n) is 6.21. The summed E-state index contributed by atoms with van der Waals surface area (Å²) in [6, 6.07) is 5.81. The lowest BCUT2D eigenvalue weighted by Crippen LogP contribution is -2.34. The third-order valence-corrected chi connectivity index (χ3v) is 4.92. The maximum Gasteiger partial charge on any atom is 0.154 e. The molecule has 2 rings (SSSR count). The van der Waals surface area contributed by atoms with Crippen molar-refractivity contribution < 1.29 is 12.8 Å². The van der Waals surface area contributed by atoms with Gasteiger partial charge in [-0.3, -0.25) is 0 Å². The monoisotopic (exact) mass is 271 g/mol. The highest BCUT2D eigenvalue weighted by Crippen LogP contribution is 2.16. The van der Waals surface area contributed by atoms with Gasteiger partial charge in [0.1, 0.15) is 5.82 Å². The number of rotatable bonds is 4. The zero-order valence-electron chi connectivity index (χ0n) is 10.2. The van der Waals surface area contributed by atoms with Crippen molar-refractivity contribution in [2.24, 2.45) is 5.92 Å². The summed E-state index contributed by atoms with van der Waals surface area (Å²) in [5.41, 5.74) is 0.527. The highest BCUT2D eigenvalue weighted by molar-refractivity contribution is 7.90. The zero-order chi connectivity index (χ0) is 13.0.